The average Bonchev–Trinajstić information content (AvgIpc) is 2.70. The molecule has 0 spiro atoms. The first-order chi connectivity index (χ1) is 12.7. The van der Waals surface area contributed by atoms with Crippen molar-refractivity contribution in [2.45, 2.75) is 12.3 Å². The Labute approximate surface area is 155 Å². The van der Waals surface area contributed by atoms with Crippen molar-refractivity contribution < 1.29 is 9.47 Å². The topological polar surface area (TPSA) is 18.5 Å². The summed E-state index contributed by atoms with van der Waals surface area (Å²) >= 11 is 0. The predicted octanol–water partition coefficient (Wildman–Crippen LogP) is 6.09. The Morgan fingerprint density at radius 1 is 0.615 bits per heavy atom. The van der Waals surface area contributed by atoms with E-state index in [1.165, 1.54) is 29.2 Å². The molecule has 0 heterocycles. The third kappa shape index (κ3) is 3.40. The highest BCUT2D eigenvalue weighted by molar-refractivity contribution is 5.51. The molecule has 0 bridgehead atoms. The van der Waals surface area contributed by atoms with Gasteiger partial charge < -0.3 is 9.47 Å². The van der Waals surface area contributed by atoms with Crippen LogP contribution in [0.2, 0.25) is 0 Å². The first kappa shape index (κ1) is 17.6. The Bertz CT molecular complexity index is 809. The van der Waals surface area contributed by atoms with Gasteiger partial charge in [-0.05, 0) is 47.9 Å². The van der Waals surface area contributed by atoms with Crippen LogP contribution < -0.4 is 9.47 Å². The molecule has 0 saturated heterocycles. The minimum atomic E-state index is -0.305. The molecule has 0 saturated carbocycles. The molecule has 26 heavy (non-hydrogen) atoms. The van der Waals surface area contributed by atoms with E-state index in [4.69, 9.17) is 9.47 Å². The fourth-order valence-corrected chi connectivity index (χ4v) is 3.20. The second-order valence-corrected chi connectivity index (χ2v) is 6.11. The van der Waals surface area contributed by atoms with Crippen LogP contribution in [0.4, 0.5) is 0 Å². The molecule has 2 heteroatoms. The lowest BCUT2D eigenvalue weighted by Gasteiger charge is -2.32. The first-order valence-electron chi connectivity index (χ1n) is 8.50. The molecule has 0 aliphatic rings. The third-order valence-electron chi connectivity index (χ3n) is 4.65. The van der Waals surface area contributed by atoms with Crippen LogP contribution in [0, 0.1) is 0 Å². The van der Waals surface area contributed by atoms with Crippen molar-refractivity contribution in [3.63, 3.8) is 0 Å². The van der Waals surface area contributed by atoms with E-state index in [2.05, 4.69) is 68.6 Å². The molecule has 130 valence electrons. The summed E-state index contributed by atoms with van der Waals surface area (Å²) in [4.78, 5) is 0. The van der Waals surface area contributed by atoms with Crippen molar-refractivity contribution in [3.8, 4) is 11.5 Å². The normalized spacial score (nSPS) is 10.8. The molecule has 0 aliphatic heterocycles. The summed E-state index contributed by atoms with van der Waals surface area (Å²) in [6.07, 6.45) is 2.87. The van der Waals surface area contributed by atoms with Gasteiger partial charge in [-0.15, -0.1) is 0 Å². The van der Waals surface area contributed by atoms with Crippen LogP contribution in [0.3, 0.4) is 0 Å². The Hall–Kier alpha value is -3.26. The maximum absolute atomic E-state index is 5.37. The lowest BCUT2D eigenvalue weighted by atomic mass is 9.71. The monoisotopic (exact) mass is 342 g/mol. The van der Waals surface area contributed by atoms with Gasteiger partial charge in [-0.1, -0.05) is 67.8 Å². The maximum Gasteiger partial charge on any atom is 0.126 e. The van der Waals surface area contributed by atoms with E-state index in [-0.39, 0.29) is 5.41 Å². The summed E-state index contributed by atoms with van der Waals surface area (Å²) < 4.78 is 10.7. The zero-order valence-electron chi connectivity index (χ0n) is 14.9. The van der Waals surface area contributed by atoms with Gasteiger partial charge in [0.2, 0.25) is 0 Å². The molecule has 0 fully saturated rings. The number of hydrogen-bond acceptors (Lipinski definition) is 2. The van der Waals surface area contributed by atoms with Crippen molar-refractivity contribution in [1.82, 2.24) is 0 Å². The summed E-state index contributed by atoms with van der Waals surface area (Å²) in [6, 6.07) is 26.7. The standard InChI is InChI=1S/C24H22O2/c1-4-25-22-15-11-20(12-16-22)24(3,19-9-7-6-8-10-19)21-13-17-23(18-14-21)26-5-2/h4-18H,1-2H2,3H3. The molecule has 0 N–H and O–H groups in total. The molecule has 0 amide bonds. The van der Waals surface area contributed by atoms with Crippen molar-refractivity contribution in [3.05, 3.63) is 121 Å². The van der Waals surface area contributed by atoms with E-state index >= 15 is 0 Å². The van der Waals surface area contributed by atoms with Gasteiger partial charge in [-0.2, -0.15) is 0 Å². The zero-order chi connectivity index (χ0) is 18.4. The van der Waals surface area contributed by atoms with E-state index < -0.39 is 0 Å². The van der Waals surface area contributed by atoms with Gasteiger partial charge in [0.05, 0.1) is 12.5 Å². The highest BCUT2D eigenvalue weighted by Gasteiger charge is 2.31. The molecule has 3 rings (SSSR count). The van der Waals surface area contributed by atoms with Crippen LogP contribution in [0.5, 0.6) is 11.5 Å². The molecular formula is C24H22O2. The van der Waals surface area contributed by atoms with Crippen molar-refractivity contribution in [1.29, 1.82) is 0 Å². The lowest BCUT2D eigenvalue weighted by Crippen LogP contribution is -2.25. The van der Waals surface area contributed by atoms with E-state index in [0.717, 1.165) is 11.5 Å². The van der Waals surface area contributed by atoms with Gasteiger partial charge in [0.1, 0.15) is 11.5 Å². The molecule has 0 atom stereocenters. The molecule has 2 nitrogen and oxygen atoms in total. The molecule has 0 radical (unpaired) electrons. The summed E-state index contributed by atoms with van der Waals surface area (Å²) in [5.41, 5.74) is 3.27. The maximum atomic E-state index is 5.37. The van der Waals surface area contributed by atoms with E-state index in [0.29, 0.717) is 0 Å². The molecule has 3 aromatic carbocycles. The van der Waals surface area contributed by atoms with Gasteiger partial charge in [-0.25, -0.2) is 0 Å². The fourth-order valence-electron chi connectivity index (χ4n) is 3.20. The summed E-state index contributed by atoms with van der Waals surface area (Å²) in [6.45, 7) is 9.44. The highest BCUT2D eigenvalue weighted by atomic mass is 16.5. The SMILES string of the molecule is C=COc1ccc(C(C)(c2ccccc2)c2ccc(OC=C)cc2)cc1. The predicted molar refractivity (Wildman–Crippen MR) is 107 cm³/mol. The van der Waals surface area contributed by atoms with Crippen LogP contribution in [-0.2, 0) is 5.41 Å². The second-order valence-electron chi connectivity index (χ2n) is 6.11. The molecule has 0 unspecified atom stereocenters. The quantitative estimate of drug-likeness (QED) is 0.382. The molecule has 0 aliphatic carbocycles. The highest BCUT2D eigenvalue weighted by Crippen LogP contribution is 2.39. The van der Waals surface area contributed by atoms with Crippen LogP contribution in [0.1, 0.15) is 23.6 Å². The Morgan fingerprint density at radius 2 is 1.00 bits per heavy atom. The van der Waals surface area contributed by atoms with Crippen molar-refractivity contribution in [2.75, 3.05) is 0 Å². The van der Waals surface area contributed by atoms with E-state index in [1.807, 2.05) is 30.3 Å². The van der Waals surface area contributed by atoms with E-state index in [9.17, 15) is 0 Å². The summed E-state index contributed by atoms with van der Waals surface area (Å²) in [5.74, 6) is 1.54. The van der Waals surface area contributed by atoms with Crippen LogP contribution >= 0.6 is 0 Å². The fraction of sp³-hybridized carbons (Fsp3) is 0.0833. The smallest absolute Gasteiger partial charge is 0.126 e. The Morgan fingerprint density at radius 3 is 1.38 bits per heavy atom. The minimum absolute atomic E-state index is 0.305. The Balaban J connectivity index is 2.10. The lowest BCUT2D eigenvalue weighted by molar-refractivity contribution is 0.482. The van der Waals surface area contributed by atoms with Crippen LogP contribution in [0.25, 0.3) is 0 Å². The largest absolute Gasteiger partial charge is 0.466 e. The van der Waals surface area contributed by atoms with Crippen molar-refractivity contribution in [2.24, 2.45) is 0 Å². The number of hydrogen-bond donors (Lipinski definition) is 0. The van der Waals surface area contributed by atoms with Crippen molar-refractivity contribution >= 4 is 0 Å². The van der Waals surface area contributed by atoms with Gasteiger partial charge in [0.25, 0.3) is 0 Å². The number of benzene rings is 3. The van der Waals surface area contributed by atoms with Gasteiger partial charge in [0.15, 0.2) is 0 Å². The average molecular weight is 342 g/mol. The Kier molecular flexibility index (Phi) is 5.23. The molecule has 3 aromatic rings. The minimum Gasteiger partial charge on any atom is -0.466 e. The van der Waals surface area contributed by atoms with Gasteiger partial charge in [0, 0.05) is 5.41 Å². The van der Waals surface area contributed by atoms with Crippen LogP contribution in [-0.4, -0.2) is 0 Å². The summed E-state index contributed by atoms with van der Waals surface area (Å²) in [7, 11) is 0. The molecular weight excluding hydrogens is 320 g/mol. The molecule has 0 aromatic heterocycles. The van der Waals surface area contributed by atoms with Gasteiger partial charge in [-0.3, -0.25) is 0 Å². The van der Waals surface area contributed by atoms with Gasteiger partial charge >= 0.3 is 0 Å². The first-order valence-corrected chi connectivity index (χ1v) is 8.50. The number of ether oxygens (including phenoxy) is 2. The zero-order valence-corrected chi connectivity index (χ0v) is 14.9. The summed E-state index contributed by atoms with van der Waals surface area (Å²) in [5, 5.41) is 0. The second kappa shape index (κ2) is 7.75. The third-order valence-corrected chi connectivity index (χ3v) is 4.65. The number of rotatable bonds is 7. The van der Waals surface area contributed by atoms with E-state index in [1.54, 1.807) is 0 Å². The van der Waals surface area contributed by atoms with Crippen LogP contribution in [0.15, 0.2) is 105 Å².